The standard InChI is InChI=1S/C12H12N4O3/c1-8(17)9-2-3-13-10(4-9)6-16-7-11(5-14-16)15-12(18)19/h2-5,7,15H,6H2,1H3,(H,18,19). The summed E-state index contributed by atoms with van der Waals surface area (Å²) >= 11 is 0. The van der Waals surface area contributed by atoms with Crippen molar-refractivity contribution in [1.29, 1.82) is 0 Å². The topological polar surface area (TPSA) is 97.1 Å². The Morgan fingerprint density at radius 1 is 1.47 bits per heavy atom. The largest absolute Gasteiger partial charge is 0.465 e. The smallest absolute Gasteiger partial charge is 0.409 e. The van der Waals surface area contributed by atoms with E-state index in [-0.39, 0.29) is 5.78 Å². The zero-order chi connectivity index (χ0) is 13.8. The summed E-state index contributed by atoms with van der Waals surface area (Å²) in [5.41, 5.74) is 1.65. The fourth-order valence-electron chi connectivity index (χ4n) is 1.59. The van der Waals surface area contributed by atoms with Crippen LogP contribution < -0.4 is 5.32 Å². The van der Waals surface area contributed by atoms with Crippen LogP contribution in [0.25, 0.3) is 0 Å². The molecule has 0 aromatic carbocycles. The van der Waals surface area contributed by atoms with Crippen molar-refractivity contribution in [3.63, 3.8) is 0 Å². The van der Waals surface area contributed by atoms with Gasteiger partial charge in [-0.2, -0.15) is 5.10 Å². The highest BCUT2D eigenvalue weighted by molar-refractivity contribution is 5.93. The summed E-state index contributed by atoms with van der Waals surface area (Å²) in [7, 11) is 0. The second kappa shape index (κ2) is 5.30. The number of rotatable bonds is 4. The highest BCUT2D eigenvalue weighted by atomic mass is 16.4. The minimum atomic E-state index is -1.14. The number of carbonyl (C=O) groups excluding carboxylic acids is 1. The minimum absolute atomic E-state index is 0.0302. The molecule has 0 unspecified atom stereocenters. The molecular weight excluding hydrogens is 248 g/mol. The Hall–Kier alpha value is -2.70. The van der Waals surface area contributed by atoms with Crippen molar-refractivity contribution >= 4 is 17.6 Å². The second-order valence-corrected chi connectivity index (χ2v) is 3.95. The van der Waals surface area contributed by atoms with Crippen LogP contribution in [0.4, 0.5) is 10.5 Å². The maximum atomic E-state index is 11.2. The van der Waals surface area contributed by atoms with E-state index in [1.165, 1.54) is 17.8 Å². The number of nitrogens with one attached hydrogen (secondary N) is 1. The van der Waals surface area contributed by atoms with E-state index in [1.54, 1.807) is 24.5 Å². The molecule has 0 spiro atoms. The molecule has 0 atom stereocenters. The summed E-state index contributed by atoms with van der Waals surface area (Å²) in [5, 5.41) is 14.8. The van der Waals surface area contributed by atoms with Gasteiger partial charge in [-0.3, -0.25) is 19.8 Å². The fraction of sp³-hybridized carbons (Fsp3) is 0.167. The van der Waals surface area contributed by atoms with Crippen molar-refractivity contribution in [2.45, 2.75) is 13.5 Å². The van der Waals surface area contributed by atoms with Crippen LogP contribution in [-0.2, 0) is 6.54 Å². The van der Waals surface area contributed by atoms with E-state index < -0.39 is 6.09 Å². The highest BCUT2D eigenvalue weighted by Gasteiger charge is 2.05. The molecule has 2 aromatic heterocycles. The maximum Gasteiger partial charge on any atom is 0.409 e. The van der Waals surface area contributed by atoms with Crippen LogP contribution in [0.3, 0.4) is 0 Å². The van der Waals surface area contributed by atoms with Gasteiger partial charge in [0.25, 0.3) is 0 Å². The normalized spacial score (nSPS) is 10.2. The SMILES string of the molecule is CC(=O)c1ccnc(Cn2cc(NC(=O)O)cn2)c1. The van der Waals surface area contributed by atoms with Crippen molar-refractivity contribution in [2.24, 2.45) is 0 Å². The summed E-state index contributed by atoms with van der Waals surface area (Å²) in [5.74, 6) is -0.0302. The van der Waals surface area contributed by atoms with Crippen LogP contribution in [0.5, 0.6) is 0 Å². The van der Waals surface area contributed by atoms with Crippen LogP contribution in [0.1, 0.15) is 23.0 Å². The van der Waals surface area contributed by atoms with E-state index in [1.807, 2.05) is 0 Å². The summed E-state index contributed by atoms with van der Waals surface area (Å²) in [6, 6.07) is 3.33. The Morgan fingerprint density at radius 3 is 2.95 bits per heavy atom. The molecule has 2 N–H and O–H groups in total. The van der Waals surface area contributed by atoms with Gasteiger partial charge in [0.15, 0.2) is 5.78 Å². The number of hydrogen-bond donors (Lipinski definition) is 2. The number of pyridine rings is 1. The molecule has 0 bridgehead atoms. The van der Waals surface area contributed by atoms with E-state index in [4.69, 9.17) is 5.11 Å². The molecule has 0 aliphatic heterocycles. The Morgan fingerprint density at radius 2 is 2.26 bits per heavy atom. The van der Waals surface area contributed by atoms with Crippen LogP contribution in [0.15, 0.2) is 30.7 Å². The number of carboxylic acid groups (broad SMARTS) is 1. The van der Waals surface area contributed by atoms with Crippen LogP contribution in [0, 0.1) is 0 Å². The van der Waals surface area contributed by atoms with E-state index in [0.717, 1.165) is 0 Å². The predicted molar refractivity (Wildman–Crippen MR) is 67.2 cm³/mol. The molecule has 2 aromatic rings. The number of aromatic nitrogens is 3. The van der Waals surface area contributed by atoms with Crippen molar-refractivity contribution in [3.05, 3.63) is 42.0 Å². The van der Waals surface area contributed by atoms with Gasteiger partial charge in [-0.1, -0.05) is 0 Å². The van der Waals surface area contributed by atoms with E-state index >= 15 is 0 Å². The first-order chi connectivity index (χ1) is 9.04. The van der Waals surface area contributed by atoms with Gasteiger partial charge in [0.1, 0.15) is 0 Å². The van der Waals surface area contributed by atoms with Gasteiger partial charge in [-0.25, -0.2) is 4.79 Å². The number of amides is 1. The molecule has 7 heteroatoms. The molecule has 0 aliphatic rings. The molecule has 2 heterocycles. The first-order valence-electron chi connectivity index (χ1n) is 5.53. The number of ketones is 1. The van der Waals surface area contributed by atoms with Gasteiger partial charge >= 0.3 is 6.09 Å². The number of nitrogens with zero attached hydrogens (tertiary/aromatic N) is 3. The number of carbonyl (C=O) groups is 2. The molecule has 0 aliphatic carbocycles. The summed E-state index contributed by atoms with van der Waals surface area (Å²) in [4.78, 5) is 25.8. The van der Waals surface area contributed by atoms with Crippen molar-refractivity contribution in [3.8, 4) is 0 Å². The van der Waals surface area contributed by atoms with E-state index in [9.17, 15) is 9.59 Å². The quantitative estimate of drug-likeness (QED) is 0.814. The van der Waals surface area contributed by atoms with Gasteiger partial charge in [-0.15, -0.1) is 0 Å². The van der Waals surface area contributed by atoms with E-state index in [2.05, 4.69) is 15.4 Å². The Kier molecular flexibility index (Phi) is 3.56. The molecule has 98 valence electrons. The lowest BCUT2D eigenvalue weighted by molar-refractivity contribution is 0.101. The molecular formula is C12H12N4O3. The zero-order valence-corrected chi connectivity index (χ0v) is 10.2. The molecule has 0 saturated carbocycles. The third kappa shape index (κ3) is 3.38. The van der Waals surface area contributed by atoms with Gasteiger partial charge in [0.2, 0.25) is 0 Å². The number of hydrogen-bond acceptors (Lipinski definition) is 4. The second-order valence-electron chi connectivity index (χ2n) is 3.95. The third-order valence-electron chi connectivity index (χ3n) is 2.43. The average Bonchev–Trinajstić information content (AvgIpc) is 2.76. The summed E-state index contributed by atoms with van der Waals surface area (Å²) in [6.45, 7) is 1.85. The molecule has 19 heavy (non-hydrogen) atoms. The van der Waals surface area contributed by atoms with Crippen LogP contribution in [-0.4, -0.2) is 31.7 Å². The monoisotopic (exact) mass is 260 g/mol. The lowest BCUT2D eigenvalue weighted by Gasteiger charge is -2.02. The van der Waals surface area contributed by atoms with Crippen LogP contribution in [0.2, 0.25) is 0 Å². The third-order valence-corrected chi connectivity index (χ3v) is 2.43. The van der Waals surface area contributed by atoms with Crippen molar-refractivity contribution < 1.29 is 14.7 Å². The number of anilines is 1. The maximum absolute atomic E-state index is 11.2. The Bertz CT molecular complexity index is 621. The Labute approximate surface area is 108 Å². The fourth-order valence-corrected chi connectivity index (χ4v) is 1.59. The van der Waals surface area contributed by atoms with Gasteiger partial charge in [0, 0.05) is 18.0 Å². The highest BCUT2D eigenvalue weighted by Crippen LogP contribution is 2.08. The summed E-state index contributed by atoms with van der Waals surface area (Å²) < 4.78 is 1.54. The van der Waals surface area contributed by atoms with Gasteiger partial charge in [0.05, 0.1) is 24.1 Å². The molecule has 0 fully saturated rings. The van der Waals surface area contributed by atoms with Crippen molar-refractivity contribution in [2.75, 3.05) is 5.32 Å². The first kappa shape index (κ1) is 12.7. The molecule has 7 nitrogen and oxygen atoms in total. The lowest BCUT2D eigenvalue weighted by atomic mass is 10.1. The van der Waals surface area contributed by atoms with Gasteiger partial charge in [-0.05, 0) is 19.1 Å². The van der Waals surface area contributed by atoms with Gasteiger partial charge < -0.3 is 5.11 Å². The van der Waals surface area contributed by atoms with E-state index in [0.29, 0.717) is 23.5 Å². The Balaban J connectivity index is 2.12. The minimum Gasteiger partial charge on any atom is -0.465 e. The van der Waals surface area contributed by atoms with Crippen LogP contribution >= 0.6 is 0 Å². The molecule has 0 radical (unpaired) electrons. The molecule has 0 saturated heterocycles. The zero-order valence-electron chi connectivity index (χ0n) is 10.2. The summed E-state index contributed by atoms with van der Waals surface area (Å²) in [6.07, 6.45) is 3.38. The average molecular weight is 260 g/mol. The predicted octanol–water partition coefficient (Wildman–Crippen LogP) is 1.62. The van der Waals surface area contributed by atoms with Crippen molar-refractivity contribution in [1.82, 2.24) is 14.8 Å². The number of Topliss-reactive ketones (excluding diaryl/α,β-unsaturated/α-hetero) is 1. The first-order valence-corrected chi connectivity index (χ1v) is 5.53. The molecule has 1 amide bonds. The molecule has 2 rings (SSSR count). The lowest BCUT2D eigenvalue weighted by Crippen LogP contribution is -2.06.